The van der Waals surface area contributed by atoms with E-state index in [-0.39, 0.29) is 5.92 Å². The average Bonchev–Trinajstić information content (AvgIpc) is 2.84. The first-order valence-electron chi connectivity index (χ1n) is 7.89. The van der Waals surface area contributed by atoms with Crippen LogP contribution in [0.3, 0.4) is 0 Å². The minimum absolute atomic E-state index is 0.116. The van der Waals surface area contributed by atoms with E-state index in [0.29, 0.717) is 11.9 Å². The summed E-state index contributed by atoms with van der Waals surface area (Å²) in [5.74, 6) is 0.464. The second-order valence-corrected chi connectivity index (χ2v) is 7.57. The zero-order valence-electron chi connectivity index (χ0n) is 12.2. The molecule has 114 valence electrons. The van der Waals surface area contributed by atoms with Crippen molar-refractivity contribution in [3.05, 3.63) is 33.3 Å². The Labute approximate surface area is 140 Å². The predicted octanol–water partition coefficient (Wildman–Crippen LogP) is 4.83. The molecule has 1 aliphatic carbocycles. The van der Waals surface area contributed by atoms with Crippen LogP contribution < -0.4 is 0 Å². The van der Waals surface area contributed by atoms with Gasteiger partial charge in [-0.15, -0.1) is 0 Å². The van der Waals surface area contributed by atoms with E-state index in [2.05, 4.69) is 20.8 Å². The zero-order chi connectivity index (χ0) is 14.8. The molecule has 1 heterocycles. The molecule has 0 radical (unpaired) electrons. The minimum atomic E-state index is 0.116. The third kappa shape index (κ3) is 3.45. The van der Waals surface area contributed by atoms with E-state index in [1.54, 1.807) is 0 Å². The SMILES string of the molecule is O=C1C(Cc2ccc(Br)cc2Cl)CCN1C1CCCCC1. The largest absolute Gasteiger partial charge is 0.339 e. The molecule has 2 aliphatic rings. The van der Waals surface area contributed by atoms with Crippen LogP contribution in [0.2, 0.25) is 5.02 Å². The summed E-state index contributed by atoms with van der Waals surface area (Å²) in [5.41, 5.74) is 1.09. The fourth-order valence-corrected chi connectivity index (χ4v) is 4.41. The topological polar surface area (TPSA) is 20.3 Å². The van der Waals surface area contributed by atoms with Gasteiger partial charge in [0.15, 0.2) is 0 Å². The Morgan fingerprint density at radius 3 is 2.67 bits per heavy atom. The molecule has 1 aromatic carbocycles. The number of nitrogens with zero attached hydrogens (tertiary/aromatic N) is 1. The number of hydrogen-bond donors (Lipinski definition) is 0. The number of rotatable bonds is 3. The molecule has 2 nitrogen and oxygen atoms in total. The van der Waals surface area contributed by atoms with E-state index >= 15 is 0 Å². The molecule has 1 atom stereocenters. The molecule has 4 heteroatoms. The van der Waals surface area contributed by atoms with Gasteiger partial charge in [0.1, 0.15) is 0 Å². The van der Waals surface area contributed by atoms with Crippen LogP contribution in [0, 0.1) is 5.92 Å². The zero-order valence-corrected chi connectivity index (χ0v) is 14.5. The third-order valence-corrected chi connectivity index (χ3v) is 5.69. The Kier molecular flexibility index (Phi) is 4.90. The Bertz CT molecular complexity index is 528. The summed E-state index contributed by atoms with van der Waals surface area (Å²) in [7, 11) is 0. The molecule has 1 saturated heterocycles. The molecule has 3 rings (SSSR count). The van der Waals surface area contributed by atoms with Gasteiger partial charge < -0.3 is 4.90 Å². The van der Waals surface area contributed by atoms with E-state index in [1.807, 2.05) is 18.2 Å². The molecule has 0 spiro atoms. The Balaban J connectivity index is 1.66. The molecule has 2 fully saturated rings. The highest BCUT2D eigenvalue weighted by Crippen LogP contribution is 2.32. The number of likely N-dealkylation sites (tertiary alicyclic amines) is 1. The van der Waals surface area contributed by atoms with Crippen molar-refractivity contribution >= 4 is 33.4 Å². The van der Waals surface area contributed by atoms with E-state index < -0.39 is 0 Å². The Hall–Kier alpha value is -0.540. The highest BCUT2D eigenvalue weighted by molar-refractivity contribution is 9.10. The van der Waals surface area contributed by atoms with Crippen LogP contribution in [-0.4, -0.2) is 23.4 Å². The fraction of sp³-hybridized carbons (Fsp3) is 0.588. The van der Waals surface area contributed by atoms with Gasteiger partial charge in [-0.1, -0.05) is 52.9 Å². The van der Waals surface area contributed by atoms with Gasteiger partial charge in [-0.25, -0.2) is 0 Å². The lowest BCUT2D eigenvalue weighted by Crippen LogP contribution is -2.39. The first-order chi connectivity index (χ1) is 10.1. The lowest BCUT2D eigenvalue weighted by Gasteiger charge is -2.31. The second kappa shape index (κ2) is 6.70. The molecule has 1 saturated carbocycles. The van der Waals surface area contributed by atoms with Crippen molar-refractivity contribution in [2.75, 3.05) is 6.54 Å². The molecule has 1 amide bonds. The lowest BCUT2D eigenvalue weighted by atomic mass is 9.94. The summed E-state index contributed by atoms with van der Waals surface area (Å²) in [6.07, 6.45) is 8.01. The van der Waals surface area contributed by atoms with Gasteiger partial charge in [-0.3, -0.25) is 4.79 Å². The van der Waals surface area contributed by atoms with Crippen molar-refractivity contribution in [3.63, 3.8) is 0 Å². The maximum atomic E-state index is 12.7. The molecule has 21 heavy (non-hydrogen) atoms. The molecule has 0 bridgehead atoms. The highest BCUT2D eigenvalue weighted by Gasteiger charge is 2.36. The number of carbonyl (C=O) groups is 1. The van der Waals surface area contributed by atoms with Crippen molar-refractivity contribution in [1.82, 2.24) is 4.90 Å². The van der Waals surface area contributed by atoms with Gasteiger partial charge >= 0.3 is 0 Å². The molecule has 1 aliphatic heterocycles. The van der Waals surface area contributed by atoms with Crippen LogP contribution in [0.15, 0.2) is 22.7 Å². The summed E-state index contributed by atoms with van der Waals surface area (Å²) < 4.78 is 0.984. The van der Waals surface area contributed by atoms with Gasteiger partial charge in [0.05, 0.1) is 0 Å². The summed E-state index contributed by atoms with van der Waals surface area (Å²) in [5, 5.41) is 0.758. The standard InChI is InChI=1S/C17H21BrClNO/c18-14-7-6-12(16(19)11-14)10-13-8-9-20(17(13)21)15-4-2-1-3-5-15/h6-7,11,13,15H,1-5,8-10H2. The van der Waals surface area contributed by atoms with Crippen LogP contribution in [0.5, 0.6) is 0 Å². The first kappa shape index (κ1) is 15.4. The summed E-state index contributed by atoms with van der Waals surface area (Å²) in [6.45, 7) is 0.933. The number of carbonyl (C=O) groups excluding carboxylic acids is 1. The first-order valence-corrected chi connectivity index (χ1v) is 9.06. The van der Waals surface area contributed by atoms with Crippen LogP contribution in [-0.2, 0) is 11.2 Å². The highest BCUT2D eigenvalue weighted by atomic mass is 79.9. The Morgan fingerprint density at radius 2 is 1.95 bits per heavy atom. The smallest absolute Gasteiger partial charge is 0.226 e. The minimum Gasteiger partial charge on any atom is -0.339 e. The van der Waals surface area contributed by atoms with Crippen molar-refractivity contribution in [3.8, 4) is 0 Å². The Morgan fingerprint density at radius 1 is 1.19 bits per heavy atom. The van der Waals surface area contributed by atoms with Gasteiger partial charge in [-0.05, 0) is 43.4 Å². The van der Waals surface area contributed by atoms with Crippen molar-refractivity contribution in [1.29, 1.82) is 0 Å². The number of halogens is 2. The number of benzene rings is 1. The normalized spacial score (nSPS) is 23.8. The third-order valence-electron chi connectivity index (χ3n) is 4.85. The van der Waals surface area contributed by atoms with Crippen LogP contribution in [0.25, 0.3) is 0 Å². The van der Waals surface area contributed by atoms with E-state index in [9.17, 15) is 4.79 Å². The molecule has 0 aromatic heterocycles. The van der Waals surface area contributed by atoms with E-state index in [1.165, 1.54) is 32.1 Å². The summed E-state index contributed by atoms with van der Waals surface area (Å²) >= 11 is 9.71. The predicted molar refractivity (Wildman–Crippen MR) is 89.5 cm³/mol. The van der Waals surface area contributed by atoms with Crippen molar-refractivity contribution in [2.45, 2.75) is 51.0 Å². The van der Waals surface area contributed by atoms with Crippen LogP contribution in [0.1, 0.15) is 44.1 Å². The van der Waals surface area contributed by atoms with Gasteiger partial charge in [0, 0.05) is 28.0 Å². The van der Waals surface area contributed by atoms with E-state index in [0.717, 1.165) is 34.4 Å². The monoisotopic (exact) mass is 369 g/mol. The van der Waals surface area contributed by atoms with Crippen molar-refractivity contribution in [2.24, 2.45) is 5.92 Å². The average molecular weight is 371 g/mol. The number of hydrogen-bond acceptors (Lipinski definition) is 1. The number of amides is 1. The second-order valence-electron chi connectivity index (χ2n) is 6.25. The molecular weight excluding hydrogens is 350 g/mol. The van der Waals surface area contributed by atoms with E-state index in [4.69, 9.17) is 11.6 Å². The van der Waals surface area contributed by atoms with Gasteiger partial charge in [-0.2, -0.15) is 0 Å². The lowest BCUT2D eigenvalue weighted by molar-refractivity contribution is -0.133. The molecule has 0 N–H and O–H groups in total. The quantitative estimate of drug-likeness (QED) is 0.746. The van der Waals surface area contributed by atoms with Gasteiger partial charge in [0.2, 0.25) is 5.91 Å². The molecule has 1 aromatic rings. The summed E-state index contributed by atoms with van der Waals surface area (Å²) in [6, 6.07) is 6.44. The van der Waals surface area contributed by atoms with Gasteiger partial charge in [0.25, 0.3) is 0 Å². The van der Waals surface area contributed by atoms with Crippen molar-refractivity contribution < 1.29 is 4.79 Å². The van der Waals surface area contributed by atoms with Crippen LogP contribution >= 0.6 is 27.5 Å². The maximum Gasteiger partial charge on any atom is 0.226 e. The molecular formula is C17H21BrClNO. The summed E-state index contributed by atoms with van der Waals surface area (Å²) in [4.78, 5) is 14.8. The fourth-order valence-electron chi connectivity index (χ4n) is 3.66. The molecule has 1 unspecified atom stereocenters. The maximum absolute atomic E-state index is 12.7. The van der Waals surface area contributed by atoms with Crippen LogP contribution in [0.4, 0.5) is 0 Å².